The van der Waals surface area contributed by atoms with E-state index in [4.69, 9.17) is 14.5 Å². The number of hydrogen-bond donors (Lipinski definition) is 0. The van der Waals surface area contributed by atoms with Crippen LogP contribution in [-0.4, -0.2) is 28.1 Å². The van der Waals surface area contributed by atoms with Crippen LogP contribution in [-0.2, 0) is 26.1 Å². The first-order valence-electron chi connectivity index (χ1n) is 9.91. The number of methoxy groups -OCH3 is 1. The summed E-state index contributed by atoms with van der Waals surface area (Å²) in [6.07, 6.45) is 0.562. The van der Waals surface area contributed by atoms with Gasteiger partial charge in [0.1, 0.15) is 11.9 Å². The fourth-order valence-electron chi connectivity index (χ4n) is 4.10. The Hall–Kier alpha value is -3.12. The van der Waals surface area contributed by atoms with Crippen LogP contribution in [0.5, 0.6) is 11.8 Å². The van der Waals surface area contributed by atoms with E-state index in [0.717, 1.165) is 42.1 Å². The molecular weight excluding hydrogens is 366 g/mol. The lowest BCUT2D eigenvalue weighted by molar-refractivity contribution is 0.225. The van der Waals surface area contributed by atoms with E-state index in [0.29, 0.717) is 19.1 Å². The molecule has 0 bridgehead atoms. The summed E-state index contributed by atoms with van der Waals surface area (Å²) in [5.74, 6) is 0.800. The zero-order chi connectivity index (χ0) is 19.8. The molecule has 0 aliphatic carbocycles. The van der Waals surface area contributed by atoms with E-state index in [-0.39, 0.29) is 11.7 Å². The Bertz CT molecular complexity index is 1080. The van der Waals surface area contributed by atoms with Gasteiger partial charge in [0, 0.05) is 26.1 Å². The average molecular weight is 389 g/mol. The van der Waals surface area contributed by atoms with Crippen molar-refractivity contribution in [1.29, 1.82) is 0 Å². The minimum Gasteiger partial charge on any atom is -0.497 e. The highest BCUT2D eigenvalue weighted by atomic mass is 16.5. The van der Waals surface area contributed by atoms with Crippen LogP contribution in [0.15, 0.2) is 59.4 Å². The Morgan fingerprint density at radius 2 is 1.93 bits per heavy atom. The molecule has 1 aromatic heterocycles. The highest BCUT2D eigenvalue weighted by molar-refractivity contribution is 5.31. The molecule has 6 heteroatoms. The maximum Gasteiger partial charge on any atom is 0.300 e. The molecule has 3 aromatic rings. The van der Waals surface area contributed by atoms with Gasteiger partial charge in [-0.05, 0) is 23.3 Å². The third-order valence-electron chi connectivity index (χ3n) is 5.69. The van der Waals surface area contributed by atoms with Gasteiger partial charge in [-0.15, -0.1) is 0 Å². The summed E-state index contributed by atoms with van der Waals surface area (Å²) in [5, 5.41) is 0. The number of hydrogen-bond acceptors (Lipinski definition) is 5. The van der Waals surface area contributed by atoms with Gasteiger partial charge in [0.15, 0.2) is 0 Å². The molecule has 5 rings (SSSR count). The van der Waals surface area contributed by atoms with Gasteiger partial charge < -0.3 is 9.47 Å². The van der Waals surface area contributed by atoms with E-state index in [9.17, 15) is 4.79 Å². The second kappa shape index (κ2) is 7.37. The predicted octanol–water partition coefficient (Wildman–Crippen LogP) is 2.94. The summed E-state index contributed by atoms with van der Waals surface area (Å²) in [6.45, 7) is 2.84. The van der Waals surface area contributed by atoms with Crippen LogP contribution in [0.4, 0.5) is 0 Å². The van der Waals surface area contributed by atoms with E-state index in [1.54, 1.807) is 11.7 Å². The molecule has 1 unspecified atom stereocenters. The first-order valence-corrected chi connectivity index (χ1v) is 9.91. The molecule has 2 aliphatic rings. The molecule has 0 saturated heterocycles. The molecule has 29 heavy (non-hydrogen) atoms. The Labute approximate surface area is 169 Å². The van der Waals surface area contributed by atoms with Crippen molar-refractivity contribution in [3.8, 4) is 11.8 Å². The number of benzene rings is 2. The molecule has 0 spiro atoms. The quantitative estimate of drug-likeness (QED) is 0.687. The minimum absolute atomic E-state index is 0.0266. The van der Waals surface area contributed by atoms with Crippen LogP contribution in [0, 0.1) is 0 Å². The van der Waals surface area contributed by atoms with Crippen molar-refractivity contribution in [3.05, 3.63) is 87.3 Å². The first kappa shape index (κ1) is 17.9. The Kier molecular flexibility index (Phi) is 4.56. The zero-order valence-corrected chi connectivity index (χ0v) is 16.4. The molecule has 2 aromatic carbocycles. The standard InChI is InChI=1S/C23H23N3O3/c1-28-18-9-7-17(8-10-18)21-15-26-22(27)19-14-25(13-16-5-3-2-4-6-16)12-11-20(19)24-23(26)29-21/h2-10,21H,11-15H2,1H3. The number of aromatic nitrogens is 2. The lowest BCUT2D eigenvalue weighted by atomic mass is 10.1. The number of rotatable bonds is 4. The van der Waals surface area contributed by atoms with Crippen LogP contribution in [0.3, 0.4) is 0 Å². The maximum absolute atomic E-state index is 13.2. The molecule has 1 atom stereocenters. The molecule has 3 heterocycles. The van der Waals surface area contributed by atoms with Gasteiger partial charge in [0.2, 0.25) is 0 Å². The zero-order valence-electron chi connectivity index (χ0n) is 16.4. The summed E-state index contributed by atoms with van der Waals surface area (Å²) >= 11 is 0. The number of ether oxygens (including phenoxy) is 2. The monoisotopic (exact) mass is 389 g/mol. The molecule has 0 N–H and O–H groups in total. The first-order chi connectivity index (χ1) is 14.2. The number of fused-ring (bicyclic) bond motifs is 2. The normalized spacial score (nSPS) is 18.0. The van der Waals surface area contributed by atoms with Crippen LogP contribution in [0.25, 0.3) is 0 Å². The van der Waals surface area contributed by atoms with E-state index < -0.39 is 0 Å². The summed E-state index contributed by atoms with van der Waals surface area (Å²) in [6, 6.07) is 18.6. The van der Waals surface area contributed by atoms with E-state index in [2.05, 4.69) is 17.0 Å². The number of nitrogens with zero attached hydrogens (tertiary/aromatic N) is 3. The summed E-state index contributed by atoms with van der Waals surface area (Å²) in [5.41, 5.74) is 3.97. The molecule has 6 nitrogen and oxygen atoms in total. The van der Waals surface area contributed by atoms with Gasteiger partial charge in [0.05, 0.1) is 24.9 Å². The van der Waals surface area contributed by atoms with Crippen LogP contribution in [0.2, 0.25) is 0 Å². The topological polar surface area (TPSA) is 56.6 Å². The lowest BCUT2D eigenvalue weighted by Gasteiger charge is -2.27. The minimum atomic E-state index is -0.203. The molecule has 0 amide bonds. The van der Waals surface area contributed by atoms with Gasteiger partial charge in [-0.3, -0.25) is 14.3 Å². The Morgan fingerprint density at radius 1 is 1.14 bits per heavy atom. The van der Waals surface area contributed by atoms with Crippen LogP contribution >= 0.6 is 0 Å². The molecule has 0 radical (unpaired) electrons. The van der Waals surface area contributed by atoms with Gasteiger partial charge in [-0.25, -0.2) is 4.98 Å². The van der Waals surface area contributed by atoms with Crippen molar-refractivity contribution in [1.82, 2.24) is 14.5 Å². The van der Waals surface area contributed by atoms with E-state index in [1.165, 1.54) is 5.56 Å². The molecule has 0 fully saturated rings. The summed E-state index contributed by atoms with van der Waals surface area (Å²) in [7, 11) is 1.64. The maximum atomic E-state index is 13.2. The molecule has 0 saturated carbocycles. The highest BCUT2D eigenvalue weighted by Crippen LogP contribution is 2.31. The fourth-order valence-corrected chi connectivity index (χ4v) is 4.10. The molecule has 2 aliphatic heterocycles. The second-order valence-corrected chi connectivity index (χ2v) is 7.56. The Morgan fingerprint density at radius 3 is 2.69 bits per heavy atom. The van der Waals surface area contributed by atoms with Crippen molar-refractivity contribution in [2.75, 3.05) is 13.7 Å². The third-order valence-corrected chi connectivity index (χ3v) is 5.69. The van der Waals surface area contributed by atoms with Crippen molar-refractivity contribution in [3.63, 3.8) is 0 Å². The highest BCUT2D eigenvalue weighted by Gasteiger charge is 2.31. The summed E-state index contributed by atoms with van der Waals surface area (Å²) < 4.78 is 12.9. The molecular formula is C23H23N3O3. The lowest BCUT2D eigenvalue weighted by Crippen LogP contribution is -2.37. The Balaban J connectivity index is 1.38. The molecule has 148 valence electrons. The SMILES string of the molecule is COc1ccc(C2Cn3c(nc4c(c3=O)CN(Cc3ccccc3)CC4)O2)cc1. The van der Waals surface area contributed by atoms with Gasteiger partial charge >= 0.3 is 0 Å². The van der Waals surface area contributed by atoms with Crippen molar-refractivity contribution < 1.29 is 9.47 Å². The van der Waals surface area contributed by atoms with Crippen LogP contribution in [0.1, 0.15) is 28.5 Å². The van der Waals surface area contributed by atoms with Gasteiger partial charge in [-0.2, -0.15) is 0 Å². The van der Waals surface area contributed by atoms with Crippen molar-refractivity contribution >= 4 is 0 Å². The average Bonchev–Trinajstić information content (AvgIpc) is 3.20. The second-order valence-electron chi connectivity index (χ2n) is 7.56. The van der Waals surface area contributed by atoms with E-state index >= 15 is 0 Å². The third kappa shape index (κ3) is 3.40. The van der Waals surface area contributed by atoms with Gasteiger partial charge in [-0.1, -0.05) is 42.5 Å². The van der Waals surface area contributed by atoms with Crippen molar-refractivity contribution in [2.24, 2.45) is 0 Å². The van der Waals surface area contributed by atoms with Gasteiger partial charge in [0.25, 0.3) is 11.6 Å². The summed E-state index contributed by atoms with van der Waals surface area (Å²) in [4.78, 5) is 20.2. The fraction of sp³-hybridized carbons (Fsp3) is 0.304. The smallest absolute Gasteiger partial charge is 0.300 e. The predicted molar refractivity (Wildman–Crippen MR) is 109 cm³/mol. The largest absolute Gasteiger partial charge is 0.497 e. The van der Waals surface area contributed by atoms with E-state index in [1.807, 2.05) is 42.5 Å². The van der Waals surface area contributed by atoms with Crippen LogP contribution < -0.4 is 15.0 Å². The van der Waals surface area contributed by atoms with Crippen molar-refractivity contribution in [2.45, 2.75) is 32.2 Å².